The number of carbonyl (C=O) groups excluding carboxylic acids is 1. The van der Waals surface area contributed by atoms with Crippen molar-refractivity contribution in [2.45, 2.75) is 24.6 Å². The number of rotatable bonds is 6. The highest BCUT2D eigenvalue weighted by Crippen LogP contribution is 2.35. The molecule has 0 radical (unpaired) electrons. The third-order valence-electron chi connectivity index (χ3n) is 3.17. The number of halogens is 1. The summed E-state index contributed by atoms with van der Waals surface area (Å²) >= 11 is 6.14. The van der Waals surface area contributed by atoms with Crippen molar-refractivity contribution in [3.63, 3.8) is 0 Å². The lowest BCUT2D eigenvalue weighted by molar-refractivity contribution is -0.120. The summed E-state index contributed by atoms with van der Waals surface area (Å²) in [7, 11) is 1.61. The molecule has 1 aromatic carbocycles. The third kappa shape index (κ3) is 3.64. The van der Waals surface area contributed by atoms with Gasteiger partial charge in [0.15, 0.2) is 0 Å². The van der Waals surface area contributed by atoms with E-state index in [1.54, 1.807) is 7.11 Å². The van der Waals surface area contributed by atoms with Crippen LogP contribution in [-0.2, 0) is 11.2 Å². The molecule has 98 valence electrons. The monoisotopic (exact) mass is 267 g/mol. The number of hydrogen-bond donors (Lipinski definition) is 1. The van der Waals surface area contributed by atoms with E-state index in [0.29, 0.717) is 18.9 Å². The molecule has 1 aliphatic rings. The summed E-state index contributed by atoms with van der Waals surface area (Å²) in [5, 5.41) is 2.95. The molecule has 1 atom stereocenters. The van der Waals surface area contributed by atoms with Gasteiger partial charge in [-0.3, -0.25) is 4.79 Å². The van der Waals surface area contributed by atoms with Gasteiger partial charge in [-0.05, 0) is 24.8 Å². The minimum Gasteiger partial charge on any atom is -0.496 e. The van der Waals surface area contributed by atoms with Gasteiger partial charge in [0.2, 0.25) is 5.91 Å². The largest absolute Gasteiger partial charge is 0.496 e. The van der Waals surface area contributed by atoms with E-state index >= 15 is 0 Å². The van der Waals surface area contributed by atoms with E-state index in [4.69, 9.17) is 16.3 Å². The zero-order valence-electron chi connectivity index (χ0n) is 10.5. The molecular formula is C14H18ClNO2. The number of ether oxygens (including phenoxy) is 1. The predicted molar refractivity (Wildman–Crippen MR) is 72.1 cm³/mol. The summed E-state index contributed by atoms with van der Waals surface area (Å²) in [6.45, 7) is 0.556. The van der Waals surface area contributed by atoms with E-state index in [-0.39, 0.29) is 11.3 Å². The minimum absolute atomic E-state index is 0.00852. The second-order valence-electron chi connectivity index (χ2n) is 4.65. The van der Waals surface area contributed by atoms with Crippen LogP contribution in [0.25, 0.3) is 0 Å². The maximum Gasteiger partial charge on any atom is 0.224 e. The number of hydrogen-bond acceptors (Lipinski definition) is 2. The van der Waals surface area contributed by atoms with E-state index in [1.807, 2.05) is 24.3 Å². The van der Waals surface area contributed by atoms with Crippen molar-refractivity contribution >= 4 is 17.5 Å². The Hall–Kier alpha value is -1.22. The number of benzene rings is 1. The topological polar surface area (TPSA) is 38.3 Å². The molecule has 0 spiro atoms. The van der Waals surface area contributed by atoms with Crippen molar-refractivity contribution < 1.29 is 9.53 Å². The van der Waals surface area contributed by atoms with E-state index in [9.17, 15) is 4.79 Å². The Morgan fingerprint density at radius 3 is 2.89 bits per heavy atom. The lowest BCUT2D eigenvalue weighted by Gasteiger charge is -2.11. The Morgan fingerprint density at radius 1 is 1.50 bits per heavy atom. The predicted octanol–water partition coefficient (Wildman–Crippen LogP) is 2.37. The van der Waals surface area contributed by atoms with Gasteiger partial charge in [0, 0.05) is 12.1 Å². The fraction of sp³-hybridized carbons (Fsp3) is 0.500. The summed E-state index contributed by atoms with van der Waals surface area (Å²) in [6.07, 6.45) is 2.71. The lowest BCUT2D eigenvalue weighted by atomic mass is 10.1. The van der Waals surface area contributed by atoms with Gasteiger partial charge in [-0.25, -0.2) is 0 Å². The van der Waals surface area contributed by atoms with Crippen LogP contribution in [0.4, 0.5) is 0 Å². The highest BCUT2D eigenvalue weighted by molar-refractivity contribution is 6.21. The van der Waals surface area contributed by atoms with E-state index in [1.165, 1.54) is 12.8 Å². The van der Waals surface area contributed by atoms with E-state index in [2.05, 4.69) is 5.32 Å². The summed E-state index contributed by atoms with van der Waals surface area (Å²) < 4.78 is 5.21. The zero-order chi connectivity index (χ0) is 13.0. The van der Waals surface area contributed by atoms with Crippen LogP contribution < -0.4 is 10.1 Å². The molecule has 2 rings (SSSR count). The molecule has 0 bridgehead atoms. The first-order chi connectivity index (χ1) is 8.70. The molecule has 1 aliphatic carbocycles. The van der Waals surface area contributed by atoms with Crippen molar-refractivity contribution in [2.24, 2.45) is 5.92 Å². The Labute approximate surface area is 112 Å². The molecule has 1 N–H and O–H groups in total. The van der Waals surface area contributed by atoms with E-state index < -0.39 is 0 Å². The van der Waals surface area contributed by atoms with Gasteiger partial charge in [-0.15, -0.1) is 11.6 Å². The Morgan fingerprint density at radius 2 is 2.22 bits per heavy atom. The standard InChI is InChI=1S/C14H18ClNO2/c1-18-13-5-3-2-4-11(13)8-14(17)16-9-12(15)10-6-7-10/h2-5,10,12H,6-9H2,1H3,(H,16,17). The Balaban J connectivity index is 1.82. The first kappa shape index (κ1) is 13.2. The molecule has 1 saturated carbocycles. The van der Waals surface area contributed by atoms with Gasteiger partial charge < -0.3 is 10.1 Å². The van der Waals surface area contributed by atoms with Crippen molar-refractivity contribution in [3.05, 3.63) is 29.8 Å². The Kier molecular flexibility index (Phi) is 4.48. The van der Waals surface area contributed by atoms with Crippen LogP contribution in [0, 0.1) is 5.92 Å². The summed E-state index contributed by atoms with van der Waals surface area (Å²) in [5.74, 6) is 1.33. The van der Waals surface area contributed by atoms with Crippen LogP contribution in [-0.4, -0.2) is 24.9 Å². The number of carbonyl (C=O) groups is 1. The molecule has 0 saturated heterocycles. The van der Waals surface area contributed by atoms with Crippen LogP contribution in [0.2, 0.25) is 0 Å². The molecule has 1 fully saturated rings. The van der Waals surface area contributed by atoms with Gasteiger partial charge >= 0.3 is 0 Å². The third-order valence-corrected chi connectivity index (χ3v) is 3.68. The van der Waals surface area contributed by atoms with E-state index in [0.717, 1.165) is 11.3 Å². The fourth-order valence-corrected chi connectivity index (χ4v) is 2.25. The Bertz CT molecular complexity index is 418. The number of amides is 1. The molecule has 0 aromatic heterocycles. The van der Waals surface area contributed by atoms with Gasteiger partial charge in [0.05, 0.1) is 18.9 Å². The molecule has 1 aromatic rings. The van der Waals surface area contributed by atoms with Crippen molar-refractivity contribution in [1.29, 1.82) is 0 Å². The molecule has 0 heterocycles. The summed E-state index contributed by atoms with van der Waals surface area (Å²) in [6, 6.07) is 7.55. The first-order valence-corrected chi connectivity index (χ1v) is 6.67. The number of nitrogens with one attached hydrogen (secondary N) is 1. The van der Waals surface area contributed by atoms with Crippen LogP contribution in [0.15, 0.2) is 24.3 Å². The van der Waals surface area contributed by atoms with Crippen LogP contribution in [0.1, 0.15) is 18.4 Å². The van der Waals surface area contributed by atoms with Crippen molar-refractivity contribution in [1.82, 2.24) is 5.32 Å². The molecule has 1 unspecified atom stereocenters. The molecular weight excluding hydrogens is 250 g/mol. The summed E-state index contributed by atoms with van der Waals surface area (Å²) in [5.41, 5.74) is 0.898. The van der Waals surface area contributed by atoms with Crippen LogP contribution in [0.3, 0.4) is 0 Å². The molecule has 4 heteroatoms. The average molecular weight is 268 g/mol. The molecule has 18 heavy (non-hydrogen) atoms. The van der Waals surface area contributed by atoms with Crippen molar-refractivity contribution in [2.75, 3.05) is 13.7 Å². The van der Waals surface area contributed by atoms with Crippen LogP contribution >= 0.6 is 11.6 Å². The van der Waals surface area contributed by atoms with Gasteiger partial charge in [-0.2, -0.15) is 0 Å². The quantitative estimate of drug-likeness (QED) is 0.804. The van der Waals surface area contributed by atoms with Gasteiger partial charge in [0.1, 0.15) is 5.75 Å². The van der Waals surface area contributed by atoms with Crippen LogP contribution in [0.5, 0.6) is 5.75 Å². The zero-order valence-corrected chi connectivity index (χ0v) is 11.2. The second-order valence-corrected chi connectivity index (χ2v) is 5.21. The van der Waals surface area contributed by atoms with Crippen molar-refractivity contribution in [3.8, 4) is 5.75 Å². The SMILES string of the molecule is COc1ccccc1CC(=O)NCC(Cl)C1CC1. The number of alkyl halides is 1. The normalized spacial score (nSPS) is 16.1. The fourth-order valence-electron chi connectivity index (χ4n) is 1.92. The minimum atomic E-state index is -0.00852. The molecule has 0 aliphatic heterocycles. The maximum atomic E-state index is 11.8. The van der Waals surface area contributed by atoms with Gasteiger partial charge in [-0.1, -0.05) is 18.2 Å². The second kappa shape index (κ2) is 6.10. The smallest absolute Gasteiger partial charge is 0.224 e. The lowest BCUT2D eigenvalue weighted by Crippen LogP contribution is -2.31. The molecule has 3 nitrogen and oxygen atoms in total. The maximum absolute atomic E-state index is 11.8. The summed E-state index contributed by atoms with van der Waals surface area (Å²) in [4.78, 5) is 11.8. The first-order valence-electron chi connectivity index (χ1n) is 6.23. The molecule has 1 amide bonds. The number of para-hydroxylation sites is 1. The highest BCUT2D eigenvalue weighted by atomic mass is 35.5. The highest BCUT2D eigenvalue weighted by Gasteiger charge is 2.29. The van der Waals surface area contributed by atoms with Gasteiger partial charge in [0.25, 0.3) is 0 Å². The number of methoxy groups -OCH3 is 1. The average Bonchev–Trinajstić information content (AvgIpc) is 3.21.